The van der Waals surface area contributed by atoms with Crippen LogP contribution in [0, 0.1) is 0 Å². The fourth-order valence-electron chi connectivity index (χ4n) is 2.00. The first kappa shape index (κ1) is 18.5. The average molecular weight is 334 g/mol. The van der Waals surface area contributed by atoms with Crippen molar-refractivity contribution in [2.75, 3.05) is 34.5 Å². The molecule has 0 saturated carbocycles. The maximum Gasteiger partial charge on any atom is 0.536 e. The highest BCUT2D eigenvalue weighted by molar-refractivity contribution is 7.62. The normalized spacial score (nSPS) is 12.6. The van der Waals surface area contributed by atoms with Crippen LogP contribution in [-0.2, 0) is 26.9 Å². The molecular formula is C13H23O6PSi. The van der Waals surface area contributed by atoms with Crippen molar-refractivity contribution in [2.24, 2.45) is 0 Å². The van der Waals surface area contributed by atoms with Crippen LogP contribution in [-0.4, -0.2) is 43.3 Å². The van der Waals surface area contributed by atoms with E-state index in [1.807, 2.05) is 6.07 Å². The van der Waals surface area contributed by atoms with Crippen molar-refractivity contribution < 1.29 is 26.9 Å². The largest absolute Gasteiger partial charge is 0.536 e. The summed E-state index contributed by atoms with van der Waals surface area (Å²) in [5.74, 6) is 0. The van der Waals surface area contributed by atoms with Crippen LogP contribution in [0.2, 0.25) is 0 Å². The van der Waals surface area contributed by atoms with Gasteiger partial charge in [-0.2, -0.15) is 0 Å². The van der Waals surface area contributed by atoms with Gasteiger partial charge in [-0.25, -0.2) is 0 Å². The highest BCUT2D eigenvalue weighted by atomic mass is 31.2. The van der Waals surface area contributed by atoms with Crippen molar-refractivity contribution in [3.63, 3.8) is 0 Å². The van der Waals surface area contributed by atoms with Crippen molar-refractivity contribution in [1.82, 2.24) is 0 Å². The maximum absolute atomic E-state index is 12.8. The van der Waals surface area contributed by atoms with Gasteiger partial charge >= 0.3 is 16.4 Å². The number of benzene rings is 1. The third-order valence-corrected chi connectivity index (χ3v) is 7.66. The number of rotatable bonds is 9. The molecule has 120 valence electrons. The Morgan fingerprint density at radius 3 is 1.95 bits per heavy atom. The smallest absolute Gasteiger partial charge is 0.373 e. The van der Waals surface area contributed by atoms with Gasteiger partial charge < -0.3 is 22.3 Å². The Morgan fingerprint density at radius 1 is 1.00 bits per heavy atom. The summed E-state index contributed by atoms with van der Waals surface area (Å²) in [5, 5.41) is 1.17. The monoisotopic (exact) mass is 334 g/mol. The highest BCUT2D eigenvalue weighted by Crippen LogP contribution is 2.46. The molecule has 1 aromatic carbocycles. The number of hydrogen-bond donors (Lipinski definition) is 0. The van der Waals surface area contributed by atoms with Crippen LogP contribution in [0.3, 0.4) is 0 Å². The molecule has 0 atom stereocenters. The second-order valence-electron chi connectivity index (χ2n) is 4.05. The van der Waals surface area contributed by atoms with E-state index < -0.39 is 16.4 Å². The minimum Gasteiger partial charge on any atom is -0.373 e. The molecule has 0 spiro atoms. The predicted octanol–water partition coefficient (Wildman–Crippen LogP) is 1.66. The van der Waals surface area contributed by atoms with Crippen LogP contribution in [0.4, 0.5) is 0 Å². The van der Waals surface area contributed by atoms with Crippen LogP contribution in [0.15, 0.2) is 24.3 Å². The summed E-state index contributed by atoms with van der Waals surface area (Å²) in [6.45, 7) is 4.13. The predicted molar refractivity (Wildman–Crippen MR) is 83.3 cm³/mol. The standard InChI is InChI=1S/C13H23O6PSi/c1-6-18-20(14,19-7-2)12-9-8-10-13(11-12)21(15-3,16-4)17-5/h8-11H,6-7H2,1-5H3. The Hall–Kier alpha value is -0.533. The van der Waals surface area contributed by atoms with E-state index in [0.717, 1.165) is 0 Å². The van der Waals surface area contributed by atoms with Gasteiger partial charge in [0.2, 0.25) is 0 Å². The molecular weight excluding hydrogens is 311 g/mol. The molecule has 0 heterocycles. The summed E-state index contributed by atoms with van der Waals surface area (Å²) in [4.78, 5) is 0. The molecule has 0 aliphatic rings. The van der Waals surface area contributed by atoms with Gasteiger partial charge in [0.1, 0.15) is 0 Å². The first-order valence-electron chi connectivity index (χ1n) is 6.67. The summed E-state index contributed by atoms with van der Waals surface area (Å²) in [6.07, 6.45) is 0. The van der Waals surface area contributed by atoms with Crippen molar-refractivity contribution in [2.45, 2.75) is 13.8 Å². The highest BCUT2D eigenvalue weighted by Gasteiger charge is 2.42. The third-order valence-electron chi connectivity index (χ3n) is 2.92. The second kappa shape index (κ2) is 8.19. The van der Waals surface area contributed by atoms with E-state index in [1.54, 1.807) is 32.0 Å². The van der Waals surface area contributed by atoms with Gasteiger partial charge in [-0.05, 0) is 26.0 Å². The molecule has 0 aliphatic carbocycles. The Kier molecular flexibility index (Phi) is 7.22. The summed E-state index contributed by atoms with van der Waals surface area (Å²) in [6, 6.07) is 6.98. The van der Waals surface area contributed by atoms with Crippen molar-refractivity contribution in [1.29, 1.82) is 0 Å². The molecule has 0 bridgehead atoms. The quantitative estimate of drug-likeness (QED) is 0.506. The summed E-state index contributed by atoms with van der Waals surface area (Å²) >= 11 is 0. The maximum atomic E-state index is 12.8. The van der Waals surface area contributed by atoms with E-state index in [-0.39, 0.29) is 0 Å². The molecule has 0 N–H and O–H groups in total. The first-order valence-corrected chi connectivity index (χ1v) is 9.94. The second-order valence-corrected chi connectivity index (χ2v) is 8.99. The van der Waals surface area contributed by atoms with Crippen LogP contribution in [0.5, 0.6) is 0 Å². The summed E-state index contributed by atoms with van der Waals surface area (Å²) in [5.41, 5.74) is 0. The molecule has 0 unspecified atom stereocenters. The van der Waals surface area contributed by atoms with Crippen molar-refractivity contribution >= 4 is 26.9 Å². The molecule has 1 rings (SSSR count). The molecule has 0 amide bonds. The fraction of sp³-hybridized carbons (Fsp3) is 0.538. The lowest BCUT2D eigenvalue weighted by Gasteiger charge is -2.25. The minimum absolute atomic E-state index is 0.295. The van der Waals surface area contributed by atoms with Crippen molar-refractivity contribution in [3.8, 4) is 0 Å². The molecule has 21 heavy (non-hydrogen) atoms. The molecule has 0 aromatic heterocycles. The van der Waals surface area contributed by atoms with E-state index >= 15 is 0 Å². The van der Waals surface area contributed by atoms with E-state index in [2.05, 4.69) is 0 Å². The van der Waals surface area contributed by atoms with Gasteiger partial charge in [-0.3, -0.25) is 4.57 Å². The Labute approximate surface area is 127 Å². The van der Waals surface area contributed by atoms with Gasteiger partial charge in [0.25, 0.3) is 0 Å². The number of hydrogen-bond acceptors (Lipinski definition) is 6. The van der Waals surface area contributed by atoms with Crippen molar-refractivity contribution in [3.05, 3.63) is 24.3 Å². The van der Waals surface area contributed by atoms with E-state index in [1.165, 1.54) is 21.3 Å². The molecule has 0 radical (unpaired) electrons. The minimum atomic E-state index is -3.34. The lowest BCUT2D eigenvalue weighted by Crippen LogP contribution is -2.55. The SMILES string of the molecule is CCOP(=O)(OCC)c1cccc([Si](OC)(OC)OC)c1. The first-order chi connectivity index (χ1) is 10.0. The topological polar surface area (TPSA) is 63.2 Å². The summed E-state index contributed by atoms with van der Waals surface area (Å²) < 4.78 is 39.8. The van der Waals surface area contributed by atoms with E-state index in [4.69, 9.17) is 22.3 Å². The van der Waals surface area contributed by atoms with Gasteiger partial charge in [0.15, 0.2) is 0 Å². The van der Waals surface area contributed by atoms with Crippen LogP contribution >= 0.6 is 7.60 Å². The average Bonchev–Trinajstić information content (AvgIpc) is 2.50. The van der Waals surface area contributed by atoms with Crippen LogP contribution in [0.25, 0.3) is 0 Å². The fourth-order valence-corrected chi connectivity index (χ4v) is 5.58. The summed E-state index contributed by atoms with van der Waals surface area (Å²) in [7, 11) is -1.75. The zero-order chi connectivity index (χ0) is 15.9. The van der Waals surface area contributed by atoms with Gasteiger partial charge in [-0.15, -0.1) is 0 Å². The van der Waals surface area contributed by atoms with Gasteiger partial charge in [0, 0.05) is 26.5 Å². The van der Waals surface area contributed by atoms with E-state index in [0.29, 0.717) is 23.7 Å². The van der Waals surface area contributed by atoms with E-state index in [9.17, 15) is 4.57 Å². The molecule has 0 aliphatic heterocycles. The molecule has 0 saturated heterocycles. The lowest BCUT2D eigenvalue weighted by molar-refractivity contribution is 0.140. The van der Waals surface area contributed by atoms with Crippen LogP contribution in [0.1, 0.15) is 13.8 Å². The zero-order valence-electron chi connectivity index (χ0n) is 13.1. The third kappa shape index (κ3) is 4.01. The van der Waals surface area contributed by atoms with Gasteiger partial charge in [-0.1, -0.05) is 12.1 Å². The van der Waals surface area contributed by atoms with Crippen LogP contribution < -0.4 is 10.5 Å². The lowest BCUT2D eigenvalue weighted by atomic mass is 10.4. The zero-order valence-corrected chi connectivity index (χ0v) is 15.0. The molecule has 0 fully saturated rings. The molecule has 6 nitrogen and oxygen atoms in total. The Bertz CT molecular complexity index is 473. The molecule has 8 heteroatoms. The molecule has 1 aromatic rings. The van der Waals surface area contributed by atoms with Gasteiger partial charge in [0.05, 0.1) is 18.5 Å². The Balaban J connectivity index is 3.29. The Morgan fingerprint density at radius 2 is 1.52 bits per heavy atom.